The van der Waals surface area contributed by atoms with Crippen molar-refractivity contribution >= 4 is 11.5 Å². The van der Waals surface area contributed by atoms with Gasteiger partial charge in [-0.1, -0.05) is 13.8 Å². The van der Waals surface area contributed by atoms with E-state index in [-0.39, 0.29) is 11.9 Å². The molecular formula is C18H27N3O2. The Bertz CT molecular complexity index is 553. The number of hydrogen-bond acceptors (Lipinski definition) is 5. The lowest BCUT2D eigenvalue weighted by Gasteiger charge is -2.33. The van der Waals surface area contributed by atoms with Gasteiger partial charge in [0.15, 0.2) is 5.78 Å². The van der Waals surface area contributed by atoms with Crippen molar-refractivity contribution in [3.8, 4) is 5.75 Å². The number of rotatable bonds is 5. The number of fused-ring (bicyclic) bond motifs is 1. The zero-order chi connectivity index (χ0) is 16.2. The van der Waals surface area contributed by atoms with Gasteiger partial charge in [-0.3, -0.25) is 9.69 Å². The SMILES string of the molecule is CCC1CNc2cc(C(=O)CN3CCN(CC)CC3)ccc2O1. The van der Waals surface area contributed by atoms with E-state index in [2.05, 4.69) is 29.0 Å². The zero-order valence-corrected chi connectivity index (χ0v) is 14.2. The molecule has 3 rings (SSSR count). The molecule has 2 heterocycles. The van der Waals surface area contributed by atoms with Crippen LogP contribution in [0.25, 0.3) is 0 Å². The fraction of sp³-hybridized carbons (Fsp3) is 0.611. The second kappa shape index (κ2) is 7.32. The Morgan fingerprint density at radius 3 is 2.65 bits per heavy atom. The number of piperazine rings is 1. The van der Waals surface area contributed by atoms with Crippen LogP contribution >= 0.6 is 0 Å². The molecule has 1 unspecified atom stereocenters. The molecule has 0 spiro atoms. The van der Waals surface area contributed by atoms with E-state index in [1.54, 1.807) is 0 Å². The van der Waals surface area contributed by atoms with Crippen LogP contribution in [0.1, 0.15) is 30.6 Å². The van der Waals surface area contributed by atoms with Gasteiger partial charge in [-0.15, -0.1) is 0 Å². The lowest BCUT2D eigenvalue weighted by Crippen LogP contribution is -2.47. The summed E-state index contributed by atoms with van der Waals surface area (Å²) in [6.45, 7) is 10.8. The fourth-order valence-corrected chi connectivity index (χ4v) is 3.18. The molecule has 1 aromatic carbocycles. The maximum Gasteiger partial charge on any atom is 0.176 e. The van der Waals surface area contributed by atoms with E-state index >= 15 is 0 Å². The summed E-state index contributed by atoms with van der Waals surface area (Å²) in [5.41, 5.74) is 1.71. The van der Waals surface area contributed by atoms with Crippen LogP contribution in [-0.2, 0) is 0 Å². The smallest absolute Gasteiger partial charge is 0.176 e. The van der Waals surface area contributed by atoms with Crippen molar-refractivity contribution in [2.45, 2.75) is 26.4 Å². The Balaban J connectivity index is 1.60. The van der Waals surface area contributed by atoms with Crippen LogP contribution < -0.4 is 10.1 Å². The quantitative estimate of drug-likeness (QED) is 0.843. The summed E-state index contributed by atoms with van der Waals surface area (Å²) in [7, 11) is 0. The molecule has 1 N–H and O–H groups in total. The van der Waals surface area contributed by atoms with Crippen LogP contribution in [-0.4, -0.2) is 67.5 Å². The summed E-state index contributed by atoms with van der Waals surface area (Å²) < 4.78 is 5.90. The number of carbonyl (C=O) groups is 1. The highest BCUT2D eigenvalue weighted by Gasteiger charge is 2.21. The van der Waals surface area contributed by atoms with E-state index < -0.39 is 0 Å². The number of hydrogen-bond donors (Lipinski definition) is 1. The van der Waals surface area contributed by atoms with Crippen molar-refractivity contribution in [3.05, 3.63) is 23.8 Å². The zero-order valence-electron chi connectivity index (χ0n) is 14.2. The third-order valence-electron chi connectivity index (χ3n) is 4.85. The third kappa shape index (κ3) is 3.85. The third-order valence-corrected chi connectivity index (χ3v) is 4.85. The number of Topliss-reactive ketones (excluding diaryl/α,β-unsaturated/α-hetero) is 1. The van der Waals surface area contributed by atoms with Gasteiger partial charge in [-0.05, 0) is 31.2 Å². The van der Waals surface area contributed by atoms with Gasteiger partial charge in [0.25, 0.3) is 0 Å². The predicted molar refractivity (Wildman–Crippen MR) is 92.5 cm³/mol. The van der Waals surface area contributed by atoms with Gasteiger partial charge < -0.3 is 15.0 Å². The highest BCUT2D eigenvalue weighted by molar-refractivity contribution is 5.98. The minimum atomic E-state index is 0.192. The first-order valence-corrected chi connectivity index (χ1v) is 8.72. The molecule has 0 amide bonds. The van der Waals surface area contributed by atoms with Crippen molar-refractivity contribution in [2.24, 2.45) is 0 Å². The minimum absolute atomic E-state index is 0.192. The van der Waals surface area contributed by atoms with Gasteiger partial charge in [-0.25, -0.2) is 0 Å². The normalized spacial score (nSPS) is 22.1. The largest absolute Gasteiger partial charge is 0.486 e. The van der Waals surface area contributed by atoms with E-state index in [0.717, 1.165) is 62.7 Å². The fourth-order valence-electron chi connectivity index (χ4n) is 3.18. The molecule has 1 saturated heterocycles. The highest BCUT2D eigenvalue weighted by Crippen LogP contribution is 2.30. The van der Waals surface area contributed by atoms with Gasteiger partial charge in [0.1, 0.15) is 11.9 Å². The molecule has 1 aromatic rings. The molecule has 5 nitrogen and oxygen atoms in total. The van der Waals surface area contributed by atoms with Crippen molar-refractivity contribution in [1.29, 1.82) is 0 Å². The van der Waals surface area contributed by atoms with Crippen LogP contribution in [0.5, 0.6) is 5.75 Å². The highest BCUT2D eigenvalue weighted by atomic mass is 16.5. The Hall–Kier alpha value is -1.59. The average molecular weight is 317 g/mol. The lowest BCUT2D eigenvalue weighted by atomic mass is 10.1. The standard InChI is InChI=1S/C18H27N3O2/c1-3-15-12-19-16-11-14(5-6-18(16)23-15)17(22)13-21-9-7-20(4-2)8-10-21/h5-6,11,15,19H,3-4,7-10,12-13H2,1-2H3. The molecule has 1 atom stereocenters. The van der Waals surface area contributed by atoms with Crippen molar-refractivity contribution in [3.63, 3.8) is 0 Å². The summed E-state index contributed by atoms with van der Waals surface area (Å²) in [5, 5.41) is 3.38. The van der Waals surface area contributed by atoms with Gasteiger partial charge in [0.2, 0.25) is 0 Å². The van der Waals surface area contributed by atoms with Crippen LogP contribution in [0.15, 0.2) is 18.2 Å². The molecule has 0 bridgehead atoms. The van der Waals surface area contributed by atoms with Crippen LogP contribution in [0.4, 0.5) is 5.69 Å². The minimum Gasteiger partial charge on any atom is -0.486 e. The summed E-state index contributed by atoms with van der Waals surface area (Å²) in [6, 6.07) is 5.75. The number of ether oxygens (including phenoxy) is 1. The number of benzene rings is 1. The molecule has 0 radical (unpaired) electrons. The van der Waals surface area contributed by atoms with Crippen LogP contribution in [0.2, 0.25) is 0 Å². The molecule has 23 heavy (non-hydrogen) atoms. The van der Waals surface area contributed by atoms with E-state index in [0.29, 0.717) is 6.54 Å². The summed E-state index contributed by atoms with van der Waals surface area (Å²) >= 11 is 0. The topological polar surface area (TPSA) is 44.8 Å². The number of nitrogens with one attached hydrogen (secondary N) is 1. The second-order valence-electron chi connectivity index (χ2n) is 6.37. The molecule has 2 aliphatic rings. The van der Waals surface area contributed by atoms with E-state index in [9.17, 15) is 4.79 Å². The summed E-state index contributed by atoms with van der Waals surface area (Å²) in [6.07, 6.45) is 1.20. The molecule has 126 valence electrons. The molecule has 2 aliphatic heterocycles. The van der Waals surface area contributed by atoms with Gasteiger partial charge in [0, 0.05) is 31.7 Å². The number of carbonyl (C=O) groups excluding carboxylic acids is 1. The number of ketones is 1. The summed E-state index contributed by atoms with van der Waals surface area (Å²) in [4.78, 5) is 17.2. The van der Waals surface area contributed by atoms with E-state index in [1.807, 2.05) is 18.2 Å². The predicted octanol–water partition coefficient (Wildman–Crippen LogP) is 2.09. The molecule has 5 heteroatoms. The van der Waals surface area contributed by atoms with Crippen molar-refractivity contribution in [1.82, 2.24) is 9.80 Å². The van der Waals surface area contributed by atoms with Crippen LogP contribution in [0, 0.1) is 0 Å². The van der Waals surface area contributed by atoms with Crippen molar-refractivity contribution in [2.75, 3.05) is 51.1 Å². The molecule has 1 fully saturated rings. The monoisotopic (exact) mass is 317 g/mol. The van der Waals surface area contributed by atoms with Gasteiger partial charge in [0.05, 0.1) is 18.8 Å². The average Bonchev–Trinajstić information content (AvgIpc) is 2.61. The van der Waals surface area contributed by atoms with Crippen molar-refractivity contribution < 1.29 is 9.53 Å². The number of likely N-dealkylation sites (N-methyl/N-ethyl adjacent to an activating group) is 1. The Morgan fingerprint density at radius 1 is 1.22 bits per heavy atom. The van der Waals surface area contributed by atoms with Gasteiger partial charge >= 0.3 is 0 Å². The first-order chi connectivity index (χ1) is 11.2. The second-order valence-corrected chi connectivity index (χ2v) is 6.37. The summed E-state index contributed by atoms with van der Waals surface area (Å²) in [5.74, 6) is 1.05. The maximum atomic E-state index is 12.5. The van der Waals surface area contributed by atoms with E-state index in [1.165, 1.54) is 0 Å². The van der Waals surface area contributed by atoms with E-state index in [4.69, 9.17) is 4.74 Å². The molecular weight excluding hydrogens is 290 g/mol. The maximum absolute atomic E-state index is 12.5. The molecule has 0 saturated carbocycles. The Labute approximate surface area is 138 Å². The first-order valence-electron chi connectivity index (χ1n) is 8.72. The molecule has 0 aromatic heterocycles. The lowest BCUT2D eigenvalue weighted by molar-refractivity contribution is 0.0859. The number of anilines is 1. The van der Waals surface area contributed by atoms with Gasteiger partial charge in [-0.2, -0.15) is 0 Å². The van der Waals surface area contributed by atoms with Crippen LogP contribution in [0.3, 0.4) is 0 Å². The molecule has 0 aliphatic carbocycles. The first kappa shape index (κ1) is 16.3. The Morgan fingerprint density at radius 2 is 1.96 bits per heavy atom. The Kier molecular flexibility index (Phi) is 5.18. The number of nitrogens with zero attached hydrogens (tertiary/aromatic N) is 2.